The molecule has 0 heterocycles. The molecule has 0 aromatic heterocycles. The third kappa shape index (κ3) is 5.70. The smallest absolute Gasteiger partial charge is 0.335 e. The molecule has 0 aliphatic rings. The fourth-order valence-corrected chi connectivity index (χ4v) is 2.45. The molecule has 0 spiro atoms. The lowest BCUT2D eigenvalue weighted by molar-refractivity contribution is -0.152. The van der Waals surface area contributed by atoms with E-state index in [4.69, 9.17) is 9.47 Å². The third-order valence-electron chi connectivity index (χ3n) is 3.92. The third-order valence-corrected chi connectivity index (χ3v) is 3.92. The molecular weight excluding hydrogens is 332 g/mol. The maximum Gasteiger partial charge on any atom is 0.335 e. The zero-order chi connectivity index (χ0) is 18.9. The summed E-state index contributed by atoms with van der Waals surface area (Å²) in [6.07, 6.45) is -0.993. The Morgan fingerprint density at radius 3 is 2.31 bits per heavy atom. The van der Waals surface area contributed by atoms with Crippen molar-refractivity contribution in [3.63, 3.8) is 0 Å². The van der Waals surface area contributed by atoms with Crippen LogP contribution in [0, 0.1) is 5.92 Å². The van der Waals surface area contributed by atoms with Gasteiger partial charge in [-0.15, -0.1) is 0 Å². The summed E-state index contributed by atoms with van der Waals surface area (Å²) in [5.74, 6) is -0.212. The molecule has 0 bridgehead atoms. The SMILES string of the molecule is CCOC(=O)C(O)Cc1ccc(OCC(C)C(=O)c2ccccc2)cc1. The second kappa shape index (κ2) is 9.73. The van der Waals surface area contributed by atoms with Crippen molar-refractivity contribution < 1.29 is 24.2 Å². The highest BCUT2D eigenvalue weighted by Gasteiger charge is 2.17. The van der Waals surface area contributed by atoms with Crippen molar-refractivity contribution in [2.75, 3.05) is 13.2 Å². The Kier molecular flexibility index (Phi) is 7.36. The van der Waals surface area contributed by atoms with E-state index in [1.807, 2.05) is 25.1 Å². The summed E-state index contributed by atoms with van der Waals surface area (Å²) < 4.78 is 10.5. The van der Waals surface area contributed by atoms with Crippen LogP contribution >= 0.6 is 0 Å². The first kappa shape index (κ1) is 19.7. The van der Waals surface area contributed by atoms with E-state index in [0.29, 0.717) is 11.3 Å². The van der Waals surface area contributed by atoms with Crippen molar-refractivity contribution in [2.45, 2.75) is 26.4 Å². The van der Waals surface area contributed by atoms with Crippen LogP contribution in [0.5, 0.6) is 5.75 Å². The fraction of sp³-hybridized carbons (Fsp3) is 0.333. The quantitative estimate of drug-likeness (QED) is 0.552. The van der Waals surface area contributed by atoms with E-state index in [-0.39, 0.29) is 31.3 Å². The minimum absolute atomic E-state index is 0.0415. The number of benzene rings is 2. The molecule has 0 amide bonds. The van der Waals surface area contributed by atoms with Crippen LogP contribution in [0.2, 0.25) is 0 Å². The molecule has 2 aromatic rings. The van der Waals surface area contributed by atoms with E-state index >= 15 is 0 Å². The molecule has 0 fully saturated rings. The van der Waals surface area contributed by atoms with E-state index in [1.54, 1.807) is 43.3 Å². The van der Waals surface area contributed by atoms with Gasteiger partial charge in [0, 0.05) is 12.0 Å². The Labute approximate surface area is 153 Å². The highest BCUT2D eigenvalue weighted by molar-refractivity contribution is 5.97. The van der Waals surface area contributed by atoms with Crippen LogP contribution in [0.4, 0.5) is 0 Å². The highest BCUT2D eigenvalue weighted by atomic mass is 16.5. The number of hydrogen-bond acceptors (Lipinski definition) is 5. The molecule has 2 rings (SSSR count). The fourth-order valence-electron chi connectivity index (χ4n) is 2.45. The van der Waals surface area contributed by atoms with Gasteiger partial charge in [-0.3, -0.25) is 4.79 Å². The van der Waals surface area contributed by atoms with E-state index in [2.05, 4.69) is 0 Å². The topological polar surface area (TPSA) is 72.8 Å². The average Bonchev–Trinajstić information content (AvgIpc) is 2.67. The van der Waals surface area contributed by atoms with Gasteiger partial charge >= 0.3 is 5.97 Å². The van der Waals surface area contributed by atoms with Gasteiger partial charge in [-0.2, -0.15) is 0 Å². The molecule has 138 valence electrons. The van der Waals surface area contributed by atoms with Gasteiger partial charge in [-0.25, -0.2) is 4.79 Å². The summed E-state index contributed by atoms with van der Waals surface area (Å²) in [4.78, 5) is 23.8. The first-order valence-electron chi connectivity index (χ1n) is 8.67. The van der Waals surface area contributed by atoms with Gasteiger partial charge in [0.1, 0.15) is 5.75 Å². The lowest BCUT2D eigenvalue weighted by atomic mass is 10.0. The minimum atomic E-state index is -1.18. The van der Waals surface area contributed by atoms with Crippen LogP contribution in [0.1, 0.15) is 29.8 Å². The van der Waals surface area contributed by atoms with Gasteiger partial charge in [0.05, 0.1) is 19.1 Å². The molecular formula is C21H24O5. The molecule has 5 nitrogen and oxygen atoms in total. The first-order valence-corrected chi connectivity index (χ1v) is 8.67. The predicted octanol–water partition coefficient (Wildman–Crippen LogP) is 3.05. The molecule has 26 heavy (non-hydrogen) atoms. The van der Waals surface area contributed by atoms with Crippen molar-refractivity contribution in [1.29, 1.82) is 0 Å². The average molecular weight is 356 g/mol. The molecule has 0 radical (unpaired) electrons. The van der Waals surface area contributed by atoms with E-state index in [9.17, 15) is 14.7 Å². The molecule has 5 heteroatoms. The number of aliphatic hydroxyl groups excluding tert-OH is 1. The Morgan fingerprint density at radius 1 is 1.04 bits per heavy atom. The lowest BCUT2D eigenvalue weighted by Gasteiger charge is -2.13. The Bertz CT molecular complexity index is 709. The molecule has 1 N–H and O–H groups in total. The van der Waals surface area contributed by atoms with Crippen LogP contribution in [-0.2, 0) is 16.0 Å². The Morgan fingerprint density at radius 2 is 1.69 bits per heavy atom. The standard InChI is InChI=1S/C21H24O5/c1-3-25-21(24)19(22)13-16-9-11-18(12-10-16)26-14-15(2)20(23)17-7-5-4-6-8-17/h4-12,15,19,22H,3,13-14H2,1-2H3. The second-order valence-electron chi connectivity index (χ2n) is 6.06. The van der Waals surface area contributed by atoms with Gasteiger partial charge < -0.3 is 14.6 Å². The van der Waals surface area contributed by atoms with E-state index in [1.165, 1.54) is 0 Å². The van der Waals surface area contributed by atoms with Gasteiger partial charge in [0.2, 0.25) is 0 Å². The van der Waals surface area contributed by atoms with Crippen LogP contribution < -0.4 is 4.74 Å². The number of Topliss-reactive ketones (excluding diaryl/α,β-unsaturated/α-hetero) is 1. The summed E-state index contributed by atoms with van der Waals surface area (Å²) in [7, 11) is 0. The molecule has 2 atom stereocenters. The molecule has 0 saturated heterocycles. The number of carbonyl (C=O) groups excluding carboxylic acids is 2. The van der Waals surface area contributed by atoms with Gasteiger partial charge in [-0.1, -0.05) is 49.4 Å². The monoisotopic (exact) mass is 356 g/mol. The van der Waals surface area contributed by atoms with Crippen LogP contribution in [0.15, 0.2) is 54.6 Å². The molecule has 0 aliphatic heterocycles. The highest BCUT2D eigenvalue weighted by Crippen LogP contribution is 2.16. The normalized spacial score (nSPS) is 12.9. The Balaban J connectivity index is 1.85. The summed E-state index contributed by atoms with van der Waals surface area (Å²) in [6.45, 7) is 4.04. The van der Waals surface area contributed by atoms with Gasteiger partial charge in [0.25, 0.3) is 0 Å². The summed E-state index contributed by atoms with van der Waals surface area (Å²) in [5.41, 5.74) is 1.47. The van der Waals surface area contributed by atoms with E-state index < -0.39 is 12.1 Å². The van der Waals surface area contributed by atoms with Crippen molar-refractivity contribution in [1.82, 2.24) is 0 Å². The Hall–Kier alpha value is -2.66. The van der Waals surface area contributed by atoms with Crippen molar-refractivity contribution in [3.05, 3.63) is 65.7 Å². The largest absolute Gasteiger partial charge is 0.493 e. The maximum absolute atomic E-state index is 12.3. The van der Waals surface area contributed by atoms with Crippen molar-refractivity contribution >= 4 is 11.8 Å². The first-order chi connectivity index (χ1) is 12.5. The van der Waals surface area contributed by atoms with E-state index in [0.717, 1.165) is 5.56 Å². The molecule has 0 saturated carbocycles. The minimum Gasteiger partial charge on any atom is -0.493 e. The number of aliphatic hydroxyl groups is 1. The molecule has 0 aliphatic carbocycles. The lowest BCUT2D eigenvalue weighted by Crippen LogP contribution is -2.25. The zero-order valence-electron chi connectivity index (χ0n) is 15.1. The van der Waals surface area contributed by atoms with Crippen LogP contribution in [0.25, 0.3) is 0 Å². The van der Waals surface area contributed by atoms with Crippen molar-refractivity contribution in [3.8, 4) is 5.75 Å². The number of ketones is 1. The number of ether oxygens (including phenoxy) is 2. The number of carbonyl (C=O) groups is 2. The van der Waals surface area contributed by atoms with Crippen LogP contribution in [-0.4, -0.2) is 36.2 Å². The summed E-state index contributed by atoms with van der Waals surface area (Å²) in [6, 6.07) is 16.2. The number of rotatable bonds is 9. The molecule has 2 aromatic carbocycles. The number of esters is 1. The second-order valence-corrected chi connectivity index (χ2v) is 6.06. The van der Waals surface area contributed by atoms with Crippen molar-refractivity contribution in [2.24, 2.45) is 5.92 Å². The van der Waals surface area contributed by atoms with Gasteiger partial charge in [0.15, 0.2) is 11.9 Å². The number of hydrogen-bond donors (Lipinski definition) is 1. The summed E-state index contributed by atoms with van der Waals surface area (Å²) >= 11 is 0. The zero-order valence-corrected chi connectivity index (χ0v) is 15.1. The van der Waals surface area contributed by atoms with Gasteiger partial charge in [-0.05, 0) is 24.6 Å². The predicted molar refractivity (Wildman–Crippen MR) is 98.2 cm³/mol. The van der Waals surface area contributed by atoms with Crippen LogP contribution in [0.3, 0.4) is 0 Å². The maximum atomic E-state index is 12.3. The summed E-state index contributed by atoms with van der Waals surface area (Å²) in [5, 5.41) is 9.77. The molecule has 2 unspecified atom stereocenters.